The van der Waals surface area contributed by atoms with Crippen molar-refractivity contribution in [3.8, 4) is 17.2 Å². The maximum absolute atomic E-state index is 9.41. The van der Waals surface area contributed by atoms with Crippen LogP contribution in [0, 0.1) is 0 Å². The lowest BCUT2D eigenvalue weighted by molar-refractivity contribution is 0.246. The first kappa shape index (κ1) is 8.55. The highest BCUT2D eigenvalue weighted by atomic mass is 16.5. The molecule has 4 N–H and O–H groups in total. The molecule has 0 atom stereocenters. The van der Waals surface area contributed by atoms with Gasteiger partial charge < -0.3 is 25.2 Å². The van der Waals surface area contributed by atoms with E-state index in [0.717, 1.165) is 6.07 Å². The minimum Gasteiger partial charge on any atom is -0.508 e. The molecule has 0 spiro atoms. The van der Waals surface area contributed by atoms with E-state index in [9.17, 15) is 10.2 Å². The number of benzene rings is 1. The van der Waals surface area contributed by atoms with Crippen molar-refractivity contribution >= 4 is 5.76 Å². The average molecular weight is 196 g/mol. The van der Waals surface area contributed by atoms with Crippen LogP contribution < -0.4 is 4.74 Å². The largest absolute Gasteiger partial charge is 0.508 e. The van der Waals surface area contributed by atoms with Gasteiger partial charge in [0.25, 0.3) is 0 Å². The Morgan fingerprint density at radius 3 is 2.50 bits per heavy atom. The van der Waals surface area contributed by atoms with Gasteiger partial charge in [0.2, 0.25) is 0 Å². The molecule has 0 fully saturated rings. The van der Waals surface area contributed by atoms with Gasteiger partial charge in [-0.1, -0.05) is 0 Å². The molecule has 2 rings (SSSR count). The Balaban J connectivity index is 2.68. The minimum atomic E-state index is -0.427. The molecule has 14 heavy (non-hydrogen) atoms. The fourth-order valence-corrected chi connectivity index (χ4v) is 1.30. The number of phenols is 2. The number of hydrogen-bond acceptors (Lipinski definition) is 5. The van der Waals surface area contributed by atoms with Crippen molar-refractivity contribution in [2.45, 2.75) is 0 Å². The molecule has 0 saturated heterocycles. The van der Waals surface area contributed by atoms with Crippen molar-refractivity contribution in [3.63, 3.8) is 0 Å². The number of phenolic OH excluding ortho intramolecular Hbond substituents is 2. The maximum Gasteiger partial charge on any atom is 0.173 e. The van der Waals surface area contributed by atoms with E-state index in [4.69, 9.17) is 14.9 Å². The second-order valence-electron chi connectivity index (χ2n) is 2.92. The molecule has 0 unspecified atom stereocenters. The molecule has 1 heterocycles. The molecular formula is C9H8O5. The summed E-state index contributed by atoms with van der Waals surface area (Å²) in [6.45, 7) is -0.179. The molecule has 1 aromatic carbocycles. The van der Waals surface area contributed by atoms with Gasteiger partial charge >= 0.3 is 0 Å². The number of rotatable bonds is 0. The van der Waals surface area contributed by atoms with Gasteiger partial charge in [-0.2, -0.15) is 0 Å². The lowest BCUT2D eigenvalue weighted by atomic mass is 10.1. The second kappa shape index (κ2) is 2.73. The Kier molecular flexibility index (Phi) is 1.67. The normalized spacial score (nSPS) is 14.9. The van der Waals surface area contributed by atoms with E-state index >= 15 is 0 Å². The lowest BCUT2D eigenvalue weighted by Gasteiger charge is -2.18. The highest BCUT2D eigenvalue weighted by Crippen LogP contribution is 2.40. The van der Waals surface area contributed by atoms with E-state index in [2.05, 4.69) is 0 Å². The van der Waals surface area contributed by atoms with Crippen LogP contribution in [0.3, 0.4) is 0 Å². The molecule has 0 aromatic heterocycles. The van der Waals surface area contributed by atoms with Crippen molar-refractivity contribution in [2.75, 3.05) is 6.61 Å². The standard InChI is InChI=1S/C9H8O5/c10-4-1-5(11)8-7(2-4)14-3-6(12)9(8)13/h1-2,10-13H,3H2. The van der Waals surface area contributed by atoms with Crippen molar-refractivity contribution in [3.05, 3.63) is 23.5 Å². The summed E-state index contributed by atoms with van der Waals surface area (Å²) in [5.41, 5.74) is -0.00782. The summed E-state index contributed by atoms with van der Waals surface area (Å²) in [6, 6.07) is 2.30. The SMILES string of the molecule is OC1=C(O)c2c(O)cc(O)cc2OC1. The van der Waals surface area contributed by atoms with Gasteiger partial charge in [-0.25, -0.2) is 0 Å². The van der Waals surface area contributed by atoms with E-state index in [1.54, 1.807) is 0 Å². The van der Waals surface area contributed by atoms with E-state index in [1.165, 1.54) is 6.07 Å². The third-order valence-electron chi connectivity index (χ3n) is 1.94. The van der Waals surface area contributed by atoms with E-state index in [0.29, 0.717) is 0 Å². The maximum atomic E-state index is 9.41. The van der Waals surface area contributed by atoms with Gasteiger partial charge in [0.05, 0.1) is 0 Å². The van der Waals surface area contributed by atoms with Gasteiger partial charge in [0, 0.05) is 12.1 Å². The van der Waals surface area contributed by atoms with Gasteiger partial charge in [0.1, 0.15) is 29.4 Å². The van der Waals surface area contributed by atoms with Crippen molar-refractivity contribution in [1.82, 2.24) is 0 Å². The summed E-state index contributed by atoms with van der Waals surface area (Å²) in [5.74, 6) is -1.15. The molecule has 5 heteroatoms. The zero-order chi connectivity index (χ0) is 10.3. The molecule has 0 radical (unpaired) electrons. The second-order valence-corrected chi connectivity index (χ2v) is 2.92. The fourth-order valence-electron chi connectivity index (χ4n) is 1.30. The summed E-state index contributed by atoms with van der Waals surface area (Å²) < 4.78 is 4.98. The van der Waals surface area contributed by atoms with Crippen molar-refractivity contribution in [1.29, 1.82) is 0 Å². The molecule has 1 aliphatic heterocycles. The number of ether oxygens (including phenoxy) is 1. The van der Waals surface area contributed by atoms with Gasteiger partial charge in [-0.15, -0.1) is 0 Å². The molecule has 0 saturated carbocycles. The molecule has 1 aliphatic rings. The van der Waals surface area contributed by atoms with Crippen LogP contribution in [-0.4, -0.2) is 27.0 Å². The Bertz CT molecular complexity index is 421. The summed E-state index contributed by atoms with van der Waals surface area (Å²) in [5, 5.41) is 37.1. The summed E-state index contributed by atoms with van der Waals surface area (Å²) in [6.07, 6.45) is 0. The van der Waals surface area contributed by atoms with E-state index < -0.39 is 5.76 Å². The third kappa shape index (κ3) is 1.10. The summed E-state index contributed by atoms with van der Waals surface area (Å²) >= 11 is 0. The lowest BCUT2D eigenvalue weighted by Crippen LogP contribution is -2.10. The van der Waals surface area contributed by atoms with Crippen LogP contribution in [-0.2, 0) is 0 Å². The predicted molar refractivity (Wildman–Crippen MR) is 47.4 cm³/mol. The van der Waals surface area contributed by atoms with Crippen LogP contribution in [0.2, 0.25) is 0 Å². The molecule has 5 nitrogen and oxygen atoms in total. The van der Waals surface area contributed by atoms with Crippen LogP contribution in [0.1, 0.15) is 5.56 Å². The molecule has 0 bridgehead atoms. The van der Waals surface area contributed by atoms with E-state index in [-0.39, 0.29) is 35.2 Å². The van der Waals surface area contributed by atoms with Crippen molar-refractivity contribution in [2.24, 2.45) is 0 Å². The zero-order valence-electron chi connectivity index (χ0n) is 7.06. The Morgan fingerprint density at radius 1 is 1.07 bits per heavy atom. The fraction of sp³-hybridized carbons (Fsp3) is 0.111. The Labute approximate surface area is 79.1 Å². The zero-order valence-corrected chi connectivity index (χ0v) is 7.06. The first-order chi connectivity index (χ1) is 6.59. The van der Waals surface area contributed by atoms with Gasteiger partial charge in [0.15, 0.2) is 11.5 Å². The summed E-state index contributed by atoms with van der Waals surface area (Å²) in [4.78, 5) is 0. The Morgan fingerprint density at radius 2 is 1.79 bits per heavy atom. The summed E-state index contributed by atoms with van der Waals surface area (Å²) in [7, 11) is 0. The molecular weight excluding hydrogens is 188 g/mol. The number of aliphatic hydroxyl groups excluding tert-OH is 2. The highest BCUT2D eigenvalue weighted by molar-refractivity contribution is 5.74. The first-order valence-corrected chi connectivity index (χ1v) is 3.90. The first-order valence-electron chi connectivity index (χ1n) is 3.90. The topological polar surface area (TPSA) is 90.2 Å². The smallest absolute Gasteiger partial charge is 0.173 e. The predicted octanol–water partition coefficient (Wildman–Crippen LogP) is 1.27. The Hall–Kier alpha value is -2.04. The van der Waals surface area contributed by atoms with E-state index in [1.807, 2.05) is 0 Å². The molecule has 74 valence electrons. The van der Waals surface area contributed by atoms with Crippen LogP contribution in [0.15, 0.2) is 17.9 Å². The number of hydrogen-bond donors (Lipinski definition) is 4. The third-order valence-corrected chi connectivity index (χ3v) is 1.94. The quantitative estimate of drug-likeness (QED) is 0.501. The molecule has 0 aliphatic carbocycles. The van der Waals surface area contributed by atoms with Crippen molar-refractivity contribution < 1.29 is 25.2 Å². The van der Waals surface area contributed by atoms with Crippen LogP contribution in [0.4, 0.5) is 0 Å². The van der Waals surface area contributed by atoms with Gasteiger partial charge in [-0.3, -0.25) is 0 Å². The molecule has 0 amide bonds. The van der Waals surface area contributed by atoms with Gasteiger partial charge in [-0.05, 0) is 0 Å². The number of aromatic hydroxyl groups is 2. The van der Waals surface area contributed by atoms with Crippen LogP contribution in [0.5, 0.6) is 17.2 Å². The number of fused-ring (bicyclic) bond motifs is 1. The van der Waals surface area contributed by atoms with Crippen LogP contribution in [0.25, 0.3) is 5.76 Å². The highest BCUT2D eigenvalue weighted by Gasteiger charge is 2.23. The minimum absolute atomic E-state index is 0.00782. The molecule has 1 aromatic rings. The van der Waals surface area contributed by atoms with Crippen LogP contribution >= 0.6 is 0 Å². The average Bonchev–Trinajstić information content (AvgIpc) is 2.10. The number of aliphatic hydroxyl groups is 2. The monoisotopic (exact) mass is 196 g/mol.